The van der Waals surface area contributed by atoms with E-state index in [4.69, 9.17) is 5.41 Å². The van der Waals surface area contributed by atoms with E-state index >= 15 is 0 Å². The number of benzene rings is 1. The summed E-state index contributed by atoms with van der Waals surface area (Å²) in [6, 6.07) is 9.50. The van der Waals surface area contributed by atoms with E-state index in [0.717, 1.165) is 5.56 Å². The fourth-order valence-electron chi connectivity index (χ4n) is 1.45. The molecule has 4 nitrogen and oxygen atoms in total. The van der Waals surface area contributed by atoms with Gasteiger partial charge < -0.3 is 5.32 Å². The Morgan fingerprint density at radius 3 is 2.50 bits per heavy atom. The van der Waals surface area contributed by atoms with Gasteiger partial charge >= 0.3 is 0 Å². The first-order valence-electron chi connectivity index (χ1n) is 4.96. The Morgan fingerprint density at radius 1 is 1.12 bits per heavy atom. The van der Waals surface area contributed by atoms with Crippen LogP contribution in [0.25, 0.3) is 0 Å². The van der Waals surface area contributed by atoms with Gasteiger partial charge in [0, 0.05) is 25.0 Å². The lowest BCUT2D eigenvalue weighted by Crippen LogP contribution is -2.09. The van der Waals surface area contributed by atoms with Crippen LogP contribution >= 0.6 is 0 Å². The molecule has 80 valence electrons. The highest BCUT2D eigenvalue weighted by atomic mass is 15.0. The summed E-state index contributed by atoms with van der Waals surface area (Å²) in [5.74, 6) is 0.622. The number of hydrogen-bond acceptors (Lipinski definition) is 4. The van der Waals surface area contributed by atoms with Crippen LogP contribution in [-0.2, 0) is 0 Å². The summed E-state index contributed by atoms with van der Waals surface area (Å²) in [6.45, 7) is 0. The van der Waals surface area contributed by atoms with E-state index in [-0.39, 0.29) is 0 Å². The van der Waals surface area contributed by atoms with Crippen LogP contribution in [0.2, 0.25) is 0 Å². The molecule has 2 aromatic rings. The Labute approximate surface area is 93.9 Å². The van der Waals surface area contributed by atoms with Gasteiger partial charge in [0.2, 0.25) is 0 Å². The number of anilines is 1. The molecular weight excluding hydrogens is 200 g/mol. The molecular formula is C12H12N4. The van der Waals surface area contributed by atoms with Crippen molar-refractivity contribution >= 4 is 11.5 Å². The van der Waals surface area contributed by atoms with Crippen molar-refractivity contribution in [2.45, 2.75) is 0 Å². The summed E-state index contributed by atoms with van der Waals surface area (Å²) in [6.07, 6.45) is 3.20. The third kappa shape index (κ3) is 1.91. The molecule has 16 heavy (non-hydrogen) atoms. The van der Waals surface area contributed by atoms with Gasteiger partial charge in [0.1, 0.15) is 5.69 Å². The average Bonchev–Trinajstić information content (AvgIpc) is 2.39. The zero-order chi connectivity index (χ0) is 11.4. The SMILES string of the molecule is CNc1nccnc1C(=N)c1ccccc1. The molecule has 0 saturated heterocycles. The number of nitrogens with zero attached hydrogens (tertiary/aromatic N) is 2. The van der Waals surface area contributed by atoms with Crippen LogP contribution in [0.4, 0.5) is 5.82 Å². The summed E-state index contributed by atoms with van der Waals surface area (Å²) in [5, 5.41) is 11.0. The second-order valence-corrected chi connectivity index (χ2v) is 3.24. The fourth-order valence-corrected chi connectivity index (χ4v) is 1.45. The van der Waals surface area contributed by atoms with Gasteiger partial charge in [0.05, 0.1) is 5.71 Å². The Bertz CT molecular complexity index is 493. The summed E-state index contributed by atoms with van der Waals surface area (Å²) in [4.78, 5) is 8.31. The summed E-state index contributed by atoms with van der Waals surface area (Å²) in [7, 11) is 1.77. The zero-order valence-electron chi connectivity index (χ0n) is 8.94. The average molecular weight is 212 g/mol. The maximum Gasteiger partial charge on any atom is 0.153 e. The molecule has 0 fully saturated rings. The standard InChI is InChI=1S/C12H12N4/c1-14-12-11(15-7-8-16-12)10(13)9-5-3-2-4-6-9/h2-8,13H,1H3,(H,14,16). The predicted octanol–water partition coefficient (Wildman–Crippen LogP) is 1.93. The zero-order valence-corrected chi connectivity index (χ0v) is 8.94. The van der Waals surface area contributed by atoms with Crippen LogP contribution in [-0.4, -0.2) is 22.7 Å². The Balaban J connectivity index is 2.42. The molecule has 0 atom stereocenters. The Kier molecular flexibility index (Phi) is 2.91. The number of nitrogens with one attached hydrogen (secondary N) is 2. The van der Waals surface area contributed by atoms with Crippen LogP contribution in [0.3, 0.4) is 0 Å². The molecule has 0 aliphatic heterocycles. The van der Waals surface area contributed by atoms with Gasteiger partial charge in [0.15, 0.2) is 5.82 Å². The van der Waals surface area contributed by atoms with E-state index in [1.165, 1.54) is 0 Å². The number of aromatic nitrogens is 2. The van der Waals surface area contributed by atoms with E-state index in [1.807, 2.05) is 30.3 Å². The highest BCUT2D eigenvalue weighted by Gasteiger charge is 2.10. The van der Waals surface area contributed by atoms with E-state index in [2.05, 4.69) is 15.3 Å². The van der Waals surface area contributed by atoms with E-state index in [0.29, 0.717) is 17.2 Å². The van der Waals surface area contributed by atoms with Crippen LogP contribution in [0.5, 0.6) is 0 Å². The molecule has 1 heterocycles. The van der Waals surface area contributed by atoms with Gasteiger partial charge in [-0.1, -0.05) is 30.3 Å². The van der Waals surface area contributed by atoms with Crippen molar-refractivity contribution in [2.75, 3.05) is 12.4 Å². The first kappa shape index (κ1) is 10.3. The van der Waals surface area contributed by atoms with Crippen molar-refractivity contribution in [3.63, 3.8) is 0 Å². The molecule has 1 aromatic heterocycles. The highest BCUT2D eigenvalue weighted by Crippen LogP contribution is 2.13. The lowest BCUT2D eigenvalue weighted by atomic mass is 10.1. The van der Waals surface area contributed by atoms with E-state index in [1.54, 1.807) is 19.4 Å². The molecule has 0 bridgehead atoms. The highest BCUT2D eigenvalue weighted by molar-refractivity contribution is 6.12. The van der Waals surface area contributed by atoms with Gasteiger partial charge in [0.25, 0.3) is 0 Å². The molecule has 0 saturated carbocycles. The fraction of sp³-hybridized carbons (Fsp3) is 0.0833. The molecule has 0 unspecified atom stereocenters. The van der Waals surface area contributed by atoms with E-state index in [9.17, 15) is 0 Å². The van der Waals surface area contributed by atoms with E-state index < -0.39 is 0 Å². The van der Waals surface area contributed by atoms with Crippen LogP contribution < -0.4 is 5.32 Å². The molecule has 0 radical (unpaired) electrons. The Hall–Kier alpha value is -2.23. The number of rotatable bonds is 3. The largest absolute Gasteiger partial charge is 0.371 e. The van der Waals surface area contributed by atoms with Crippen molar-refractivity contribution in [1.82, 2.24) is 9.97 Å². The Morgan fingerprint density at radius 2 is 1.81 bits per heavy atom. The van der Waals surface area contributed by atoms with Crippen molar-refractivity contribution < 1.29 is 0 Å². The molecule has 4 heteroatoms. The summed E-state index contributed by atoms with van der Waals surface area (Å²) >= 11 is 0. The van der Waals surface area contributed by atoms with Gasteiger partial charge in [-0.2, -0.15) is 0 Å². The van der Waals surface area contributed by atoms with Crippen molar-refractivity contribution in [3.8, 4) is 0 Å². The molecule has 1 aromatic carbocycles. The normalized spacial score (nSPS) is 9.81. The maximum absolute atomic E-state index is 8.07. The molecule has 0 amide bonds. The van der Waals surface area contributed by atoms with Crippen molar-refractivity contribution in [3.05, 3.63) is 54.0 Å². The molecule has 2 N–H and O–H groups in total. The topological polar surface area (TPSA) is 61.7 Å². The monoisotopic (exact) mass is 212 g/mol. The predicted molar refractivity (Wildman–Crippen MR) is 64.0 cm³/mol. The molecule has 0 aliphatic rings. The first-order chi connectivity index (χ1) is 7.83. The summed E-state index contributed by atoms with van der Waals surface area (Å²) in [5.41, 5.74) is 1.77. The van der Waals surface area contributed by atoms with Crippen LogP contribution in [0, 0.1) is 5.41 Å². The van der Waals surface area contributed by atoms with Crippen LogP contribution in [0.1, 0.15) is 11.3 Å². The quantitative estimate of drug-likeness (QED) is 0.764. The van der Waals surface area contributed by atoms with Gasteiger partial charge in [-0.25, -0.2) is 9.97 Å². The third-order valence-corrected chi connectivity index (χ3v) is 2.23. The minimum atomic E-state index is 0.373. The smallest absolute Gasteiger partial charge is 0.153 e. The third-order valence-electron chi connectivity index (χ3n) is 2.23. The second-order valence-electron chi connectivity index (χ2n) is 3.24. The molecule has 2 rings (SSSR count). The molecule has 0 aliphatic carbocycles. The van der Waals surface area contributed by atoms with Gasteiger partial charge in [-0.15, -0.1) is 0 Å². The lowest BCUT2D eigenvalue weighted by Gasteiger charge is -2.07. The maximum atomic E-state index is 8.07. The minimum Gasteiger partial charge on any atom is -0.371 e. The van der Waals surface area contributed by atoms with Crippen LogP contribution in [0.15, 0.2) is 42.7 Å². The molecule has 0 spiro atoms. The first-order valence-corrected chi connectivity index (χ1v) is 4.96. The van der Waals surface area contributed by atoms with Gasteiger partial charge in [-0.05, 0) is 0 Å². The minimum absolute atomic E-state index is 0.373. The lowest BCUT2D eigenvalue weighted by molar-refractivity contribution is 1.16. The van der Waals surface area contributed by atoms with Crippen molar-refractivity contribution in [2.24, 2.45) is 0 Å². The van der Waals surface area contributed by atoms with Gasteiger partial charge in [-0.3, -0.25) is 5.41 Å². The second kappa shape index (κ2) is 4.53. The summed E-state index contributed by atoms with van der Waals surface area (Å²) < 4.78 is 0. The number of hydrogen-bond donors (Lipinski definition) is 2. The van der Waals surface area contributed by atoms with Crippen molar-refractivity contribution in [1.29, 1.82) is 5.41 Å².